The van der Waals surface area contributed by atoms with Crippen LogP contribution in [-0.2, 0) is 0 Å². The lowest BCUT2D eigenvalue weighted by atomic mass is 11.0. The van der Waals surface area contributed by atoms with Crippen LogP contribution in [0, 0.1) is 0 Å². The summed E-state index contributed by atoms with van der Waals surface area (Å²) < 4.78 is 0. The summed E-state index contributed by atoms with van der Waals surface area (Å²) in [6.45, 7) is 0. The molecule has 0 saturated carbocycles. The summed E-state index contributed by atoms with van der Waals surface area (Å²) in [6.07, 6.45) is 0. The van der Waals surface area contributed by atoms with E-state index >= 15 is 0 Å². The third kappa shape index (κ3) is 26.2. The van der Waals surface area contributed by atoms with Gasteiger partial charge in [0.25, 0.3) is 0 Å². The van der Waals surface area contributed by atoms with Crippen molar-refractivity contribution in [2.45, 2.75) is 0 Å². The molecule has 0 heterocycles. The SMILES string of the molecule is SCCS.SCCS. The molecule has 0 aromatic heterocycles. The summed E-state index contributed by atoms with van der Waals surface area (Å²) in [5, 5.41) is 0. The molecule has 0 amide bonds. The average Bonchev–Trinajstić information content (AvgIpc) is 1.88. The van der Waals surface area contributed by atoms with Crippen molar-refractivity contribution in [3.8, 4) is 0 Å². The summed E-state index contributed by atoms with van der Waals surface area (Å²) in [5.41, 5.74) is 0. The van der Waals surface area contributed by atoms with E-state index in [0.29, 0.717) is 0 Å². The number of hydrogen-bond acceptors (Lipinski definition) is 4. The molecule has 0 bridgehead atoms. The van der Waals surface area contributed by atoms with E-state index in [2.05, 4.69) is 50.5 Å². The third-order valence-corrected chi connectivity index (χ3v) is 1.80. The summed E-state index contributed by atoms with van der Waals surface area (Å²) >= 11 is 15.4. The van der Waals surface area contributed by atoms with Crippen LogP contribution in [0.1, 0.15) is 0 Å². The van der Waals surface area contributed by atoms with Crippen LogP contribution in [0.5, 0.6) is 0 Å². The maximum Gasteiger partial charge on any atom is -0.000932 e. The zero-order chi connectivity index (χ0) is 6.83. The van der Waals surface area contributed by atoms with Gasteiger partial charge in [0.1, 0.15) is 0 Å². The summed E-state index contributed by atoms with van der Waals surface area (Å²) in [7, 11) is 0. The molecule has 0 N–H and O–H groups in total. The zero-order valence-electron chi connectivity index (χ0n) is 4.62. The fourth-order valence-electron chi connectivity index (χ4n) is 0. The molecule has 52 valence electrons. The van der Waals surface area contributed by atoms with Gasteiger partial charge in [-0.2, -0.15) is 50.5 Å². The molecular formula is C4H12S4. The van der Waals surface area contributed by atoms with Gasteiger partial charge in [-0.1, -0.05) is 0 Å². The van der Waals surface area contributed by atoms with E-state index < -0.39 is 0 Å². The molecule has 0 aliphatic rings. The van der Waals surface area contributed by atoms with Crippen LogP contribution in [0.25, 0.3) is 0 Å². The minimum Gasteiger partial charge on any atom is -0.179 e. The summed E-state index contributed by atoms with van der Waals surface area (Å²) in [4.78, 5) is 0. The Labute approximate surface area is 73.5 Å². The predicted molar refractivity (Wildman–Crippen MR) is 55.4 cm³/mol. The van der Waals surface area contributed by atoms with Crippen LogP contribution in [-0.4, -0.2) is 23.0 Å². The van der Waals surface area contributed by atoms with Crippen molar-refractivity contribution in [3.63, 3.8) is 0 Å². The van der Waals surface area contributed by atoms with E-state index in [1.807, 2.05) is 0 Å². The van der Waals surface area contributed by atoms with Crippen LogP contribution in [0.4, 0.5) is 0 Å². The molecule has 0 radical (unpaired) electrons. The number of hydrogen-bond donors (Lipinski definition) is 4. The standard InChI is InChI=1S/2C2H6S2/c2*3-1-2-4/h2*3-4H,1-2H2. The molecule has 0 aliphatic heterocycles. The Morgan fingerprint density at radius 3 is 0.625 bits per heavy atom. The molecular weight excluding hydrogens is 176 g/mol. The van der Waals surface area contributed by atoms with Gasteiger partial charge < -0.3 is 0 Å². The van der Waals surface area contributed by atoms with Crippen LogP contribution in [0.15, 0.2) is 0 Å². The van der Waals surface area contributed by atoms with E-state index in [1.54, 1.807) is 0 Å². The normalized spacial score (nSPS) is 7.50. The smallest absolute Gasteiger partial charge is 0.000932 e. The van der Waals surface area contributed by atoms with Crippen molar-refractivity contribution in [2.24, 2.45) is 0 Å². The minimum absolute atomic E-state index is 0.878. The Morgan fingerprint density at radius 1 is 0.500 bits per heavy atom. The summed E-state index contributed by atoms with van der Waals surface area (Å²) in [6, 6.07) is 0. The van der Waals surface area contributed by atoms with Gasteiger partial charge >= 0.3 is 0 Å². The number of thiol groups is 4. The first-order valence-electron chi connectivity index (χ1n) is 2.26. The molecule has 8 heavy (non-hydrogen) atoms. The second kappa shape index (κ2) is 15.8. The van der Waals surface area contributed by atoms with E-state index in [4.69, 9.17) is 0 Å². The van der Waals surface area contributed by atoms with Crippen molar-refractivity contribution < 1.29 is 0 Å². The van der Waals surface area contributed by atoms with E-state index in [0.717, 1.165) is 23.0 Å². The van der Waals surface area contributed by atoms with Gasteiger partial charge in [0.05, 0.1) is 0 Å². The summed E-state index contributed by atoms with van der Waals surface area (Å²) in [5.74, 6) is 3.51. The maximum atomic E-state index is 3.84. The molecule has 0 atom stereocenters. The first-order valence-corrected chi connectivity index (χ1v) is 4.79. The largest absolute Gasteiger partial charge is 0.179 e. The quantitative estimate of drug-likeness (QED) is 0.466. The highest BCUT2D eigenvalue weighted by Gasteiger charge is 1.58. The number of rotatable bonds is 2. The van der Waals surface area contributed by atoms with Crippen molar-refractivity contribution in [1.82, 2.24) is 0 Å². The van der Waals surface area contributed by atoms with Crippen molar-refractivity contribution in [1.29, 1.82) is 0 Å². The van der Waals surface area contributed by atoms with Crippen LogP contribution < -0.4 is 0 Å². The van der Waals surface area contributed by atoms with Crippen molar-refractivity contribution in [3.05, 3.63) is 0 Å². The van der Waals surface area contributed by atoms with Crippen molar-refractivity contribution in [2.75, 3.05) is 23.0 Å². The van der Waals surface area contributed by atoms with Gasteiger partial charge in [-0.3, -0.25) is 0 Å². The van der Waals surface area contributed by atoms with Gasteiger partial charge in [-0.25, -0.2) is 0 Å². The Morgan fingerprint density at radius 2 is 0.625 bits per heavy atom. The molecule has 0 rings (SSSR count). The average molecular weight is 188 g/mol. The van der Waals surface area contributed by atoms with E-state index in [9.17, 15) is 0 Å². The highest BCUT2D eigenvalue weighted by atomic mass is 32.1. The molecule has 0 aromatic rings. The first kappa shape index (κ1) is 12.1. The molecule has 0 aliphatic carbocycles. The van der Waals surface area contributed by atoms with Gasteiger partial charge in [-0.05, 0) is 23.0 Å². The Balaban J connectivity index is 0. The van der Waals surface area contributed by atoms with Crippen LogP contribution in [0.3, 0.4) is 0 Å². The van der Waals surface area contributed by atoms with E-state index in [-0.39, 0.29) is 0 Å². The lowest BCUT2D eigenvalue weighted by molar-refractivity contribution is 1.59. The van der Waals surface area contributed by atoms with Gasteiger partial charge in [-0.15, -0.1) is 0 Å². The molecule has 0 fully saturated rings. The van der Waals surface area contributed by atoms with Crippen LogP contribution >= 0.6 is 50.5 Å². The van der Waals surface area contributed by atoms with Gasteiger partial charge in [0, 0.05) is 0 Å². The lowest BCUT2D eigenvalue weighted by Crippen LogP contribution is -1.64. The molecule has 0 unspecified atom stereocenters. The zero-order valence-corrected chi connectivity index (χ0v) is 8.19. The molecule has 0 spiro atoms. The van der Waals surface area contributed by atoms with Gasteiger partial charge in [0.2, 0.25) is 0 Å². The molecule has 0 aromatic carbocycles. The molecule has 0 nitrogen and oxygen atoms in total. The minimum atomic E-state index is 0.878. The van der Waals surface area contributed by atoms with Crippen molar-refractivity contribution >= 4 is 50.5 Å². The Hall–Kier alpha value is 1.40. The van der Waals surface area contributed by atoms with E-state index in [1.165, 1.54) is 0 Å². The molecule has 4 heteroatoms. The topological polar surface area (TPSA) is 0 Å². The fourth-order valence-corrected chi connectivity index (χ4v) is 0. The Bertz CT molecular complexity index is 16.0. The van der Waals surface area contributed by atoms with Crippen LogP contribution in [0.2, 0.25) is 0 Å². The monoisotopic (exact) mass is 188 g/mol. The fraction of sp³-hybridized carbons (Fsp3) is 1.00. The second-order valence-electron chi connectivity index (χ2n) is 0.894. The lowest BCUT2D eigenvalue weighted by Gasteiger charge is -1.67. The second-order valence-corrected chi connectivity index (χ2v) is 2.68. The van der Waals surface area contributed by atoms with Gasteiger partial charge in [0.15, 0.2) is 0 Å². The first-order chi connectivity index (χ1) is 3.83. The molecule has 0 saturated heterocycles. The maximum absolute atomic E-state index is 3.84. The predicted octanol–water partition coefficient (Wildman–Crippen LogP) is 1.69. The Kier molecular flexibility index (Phi) is 23.9. The highest BCUT2D eigenvalue weighted by Crippen LogP contribution is 1.73. The highest BCUT2D eigenvalue weighted by molar-refractivity contribution is 7.84. The third-order valence-electron chi connectivity index (χ3n) is 0.200.